The van der Waals surface area contributed by atoms with Gasteiger partial charge in [-0.05, 0) is 43.4 Å². The number of halogens is 1. The van der Waals surface area contributed by atoms with Gasteiger partial charge in [0.05, 0.1) is 0 Å². The van der Waals surface area contributed by atoms with E-state index >= 15 is 0 Å². The Hall–Kier alpha value is -1.79. The zero-order chi connectivity index (χ0) is 17.7. The Balaban J connectivity index is 0.00000312. The van der Waals surface area contributed by atoms with Gasteiger partial charge in [-0.3, -0.25) is 4.79 Å². The number of urea groups is 1. The van der Waals surface area contributed by atoms with E-state index < -0.39 is 0 Å². The number of hydrogen-bond donors (Lipinski definition) is 3. The lowest BCUT2D eigenvalue weighted by Gasteiger charge is -2.21. The van der Waals surface area contributed by atoms with Crippen LogP contribution in [-0.2, 0) is 0 Å². The van der Waals surface area contributed by atoms with Gasteiger partial charge in [-0.2, -0.15) is 0 Å². The lowest BCUT2D eigenvalue weighted by Crippen LogP contribution is -2.34. The van der Waals surface area contributed by atoms with E-state index in [4.69, 9.17) is 5.73 Å². The second-order valence-electron chi connectivity index (χ2n) is 6.88. The summed E-state index contributed by atoms with van der Waals surface area (Å²) in [5.41, 5.74) is 7.21. The molecule has 7 heteroatoms. The maximum absolute atomic E-state index is 12.5. The van der Waals surface area contributed by atoms with E-state index in [1.54, 1.807) is 36.2 Å². The van der Waals surface area contributed by atoms with Crippen molar-refractivity contribution in [2.45, 2.75) is 45.2 Å². The van der Waals surface area contributed by atoms with Gasteiger partial charge in [-0.1, -0.05) is 19.9 Å². The fraction of sp³-hybridized carbons (Fsp3) is 0.556. The van der Waals surface area contributed by atoms with Crippen LogP contribution in [0.5, 0.6) is 0 Å². The van der Waals surface area contributed by atoms with Crippen LogP contribution in [0.15, 0.2) is 24.3 Å². The maximum atomic E-state index is 12.5. The van der Waals surface area contributed by atoms with E-state index in [1.165, 1.54) is 0 Å². The fourth-order valence-corrected chi connectivity index (χ4v) is 2.31. The quantitative estimate of drug-likeness (QED) is 0.691. The highest BCUT2D eigenvalue weighted by Crippen LogP contribution is 2.19. The molecule has 25 heavy (non-hydrogen) atoms. The summed E-state index contributed by atoms with van der Waals surface area (Å²) < 4.78 is 0. The minimum Gasteiger partial charge on any atom is -0.342 e. The summed E-state index contributed by atoms with van der Waals surface area (Å²) in [6, 6.07) is 7.16. The number of carbonyl (C=O) groups is 2. The number of anilines is 1. The van der Waals surface area contributed by atoms with Crippen molar-refractivity contribution in [3.8, 4) is 0 Å². The van der Waals surface area contributed by atoms with Crippen molar-refractivity contribution in [2.24, 2.45) is 11.7 Å². The number of carbonyl (C=O) groups excluding carboxylic acids is 2. The third-order valence-corrected chi connectivity index (χ3v) is 4.28. The largest absolute Gasteiger partial charge is 0.342 e. The zero-order valence-corrected chi connectivity index (χ0v) is 15.9. The predicted octanol–water partition coefficient (Wildman–Crippen LogP) is 2.84. The highest BCUT2D eigenvalue weighted by molar-refractivity contribution is 5.96. The second kappa shape index (κ2) is 9.63. The van der Waals surface area contributed by atoms with E-state index in [0.29, 0.717) is 29.8 Å². The first-order chi connectivity index (χ1) is 11.4. The number of nitrogens with one attached hydrogen (secondary N) is 2. The number of rotatable bonds is 7. The van der Waals surface area contributed by atoms with Crippen LogP contribution >= 0.6 is 12.4 Å². The Morgan fingerprint density at radius 2 is 2.00 bits per heavy atom. The Bertz CT molecular complexity index is 590. The third-order valence-electron chi connectivity index (χ3n) is 4.28. The molecule has 4 N–H and O–H groups in total. The normalized spacial score (nSPS) is 14.4. The van der Waals surface area contributed by atoms with Crippen LogP contribution in [-0.4, -0.2) is 42.5 Å². The Kier molecular flexibility index (Phi) is 8.19. The molecule has 0 aliphatic heterocycles. The number of benzene rings is 1. The molecule has 1 aromatic carbocycles. The molecule has 1 atom stereocenters. The molecule has 3 amide bonds. The lowest BCUT2D eigenvalue weighted by atomic mass is 10.0. The molecular weight excluding hydrogens is 340 g/mol. The molecule has 0 bridgehead atoms. The summed E-state index contributed by atoms with van der Waals surface area (Å²) in [6.07, 6.45) is 2.84. The number of hydrogen-bond acceptors (Lipinski definition) is 3. The highest BCUT2D eigenvalue weighted by Gasteiger charge is 2.23. The van der Waals surface area contributed by atoms with E-state index in [1.807, 2.05) is 0 Å². The summed E-state index contributed by atoms with van der Waals surface area (Å²) in [4.78, 5) is 26.0. The molecule has 0 aromatic heterocycles. The molecule has 1 aliphatic carbocycles. The van der Waals surface area contributed by atoms with Gasteiger partial charge in [0.25, 0.3) is 5.91 Å². The average Bonchev–Trinajstić information content (AvgIpc) is 3.35. The first-order valence-electron chi connectivity index (χ1n) is 8.55. The molecule has 1 aliphatic rings. The number of nitrogens with two attached hydrogens (primary N) is 1. The van der Waals surface area contributed by atoms with Crippen molar-refractivity contribution in [1.82, 2.24) is 10.2 Å². The van der Waals surface area contributed by atoms with E-state index in [-0.39, 0.29) is 30.4 Å². The summed E-state index contributed by atoms with van der Waals surface area (Å²) in [7, 11) is 1.77. The van der Waals surface area contributed by atoms with Crippen molar-refractivity contribution in [2.75, 3.05) is 18.9 Å². The smallest absolute Gasteiger partial charge is 0.319 e. The lowest BCUT2D eigenvalue weighted by molar-refractivity contribution is 0.0789. The van der Waals surface area contributed by atoms with Gasteiger partial charge in [0.2, 0.25) is 0 Å². The molecule has 140 valence electrons. The van der Waals surface area contributed by atoms with Gasteiger partial charge in [0, 0.05) is 36.9 Å². The van der Waals surface area contributed by atoms with Crippen molar-refractivity contribution in [3.05, 3.63) is 29.8 Å². The second-order valence-corrected chi connectivity index (χ2v) is 6.88. The van der Waals surface area contributed by atoms with E-state index in [2.05, 4.69) is 24.5 Å². The third kappa shape index (κ3) is 6.92. The van der Waals surface area contributed by atoms with Gasteiger partial charge in [-0.25, -0.2) is 4.79 Å². The standard InChI is InChI=1S/C18H28N4O2.ClH/c1-12(2)16(19)9-10-22(3)17(23)13-5-4-6-15(11-13)21-18(24)20-14-7-8-14;/h4-6,11-12,14,16H,7-10,19H2,1-3H3,(H2,20,21,24);1H. The summed E-state index contributed by atoms with van der Waals surface area (Å²) in [5.74, 6) is 0.322. The molecule has 1 aromatic rings. The molecule has 0 saturated heterocycles. The van der Waals surface area contributed by atoms with Crippen LogP contribution in [0, 0.1) is 5.92 Å². The monoisotopic (exact) mass is 368 g/mol. The summed E-state index contributed by atoms with van der Waals surface area (Å²) in [5, 5.41) is 5.63. The predicted molar refractivity (Wildman–Crippen MR) is 103 cm³/mol. The maximum Gasteiger partial charge on any atom is 0.319 e. The average molecular weight is 369 g/mol. The number of amides is 3. The van der Waals surface area contributed by atoms with Crippen molar-refractivity contribution >= 4 is 30.0 Å². The van der Waals surface area contributed by atoms with Gasteiger partial charge in [-0.15, -0.1) is 12.4 Å². The number of nitrogens with zero attached hydrogens (tertiary/aromatic N) is 1. The molecule has 2 rings (SSSR count). The van der Waals surface area contributed by atoms with Gasteiger partial charge in [0.15, 0.2) is 0 Å². The minimum absolute atomic E-state index is 0. The van der Waals surface area contributed by atoms with Gasteiger partial charge >= 0.3 is 6.03 Å². The van der Waals surface area contributed by atoms with Crippen LogP contribution in [0.1, 0.15) is 43.5 Å². The minimum atomic E-state index is -0.224. The highest BCUT2D eigenvalue weighted by atomic mass is 35.5. The molecule has 1 fully saturated rings. The SMILES string of the molecule is CC(C)C(N)CCN(C)C(=O)c1cccc(NC(=O)NC2CC2)c1.Cl. The zero-order valence-electron chi connectivity index (χ0n) is 15.1. The van der Waals surface area contributed by atoms with Gasteiger partial charge < -0.3 is 21.3 Å². The first kappa shape index (κ1) is 21.3. The Labute approximate surface area is 155 Å². The molecular formula is C18H29ClN4O2. The van der Waals surface area contributed by atoms with Crippen LogP contribution < -0.4 is 16.4 Å². The summed E-state index contributed by atoms with van der Waals surface area (Å²) >= 11 is 0. The van der Waals surface area contributed by atoms with E-state index in [9.17, 15) is 9.59 Å². The Morgan fingerprint density at radius 1 is 1.32 bits per heavy atom. The van der Waals surface area contributed by atoms with Gasteiger partial charge in [0.1, 0.15) is 0 Å². The van der Waals surface area contributed by atoms with Crippen molar-refractivity contribution < 1.29 is 9.59 Å². The van der Waals surface area contributed by atoms with Crippen LogP contribution in [0.2, 0.25) is 0 Å². The Morgan fingerprint density at radius 3 is 2.60 bits per heavy atom. The molecule has 0 heterocycles. The molecule has 0 radical (unpaired) electrons. The van der Waals surface area contributed by atoms with Crippen molar-refractivity contribution in [3.63, 3.8) is 0 Å². The fourth-order valence-electron chi connectivity index (χ4n) is 2.31. The molecule has 1 unspecified atom stereocenters. The van der Waals surface area contributed by atoms with Crippen molar-refractivity contribution in [1.29, 1.82) is 0 Å². The van der Waals surface area contributed by atoms with Crippen LogP contribution in [0.25, 0.3) is 0 Å². The molecule has 6 nitrogen and oxygen atoms in total. The molecule has 0 spiro atoms. The van der Waals surface area contributed by atoms with Crippen LogP contribution in [0.4, 0.5) is 10.5 Å². The van der Waals surface area contributed by atoms with Crippen LogP contribution in [0.3, 0.4) is 0 Å². The molecule has 1 saturated carbocycles. The first-order valence-corrected chi connectivity index (χ1v) is 8.55. The topological polar surface area (TPSA) is 87.5 Å². The van der Waals surface area contributed by atoms with E-state index in [0.717, 1.165) is 19.3 Å². The summed E-state index contributed by atoms with van der Waals surface area (Å²) in [6.45, 7) is 4.76.